The number of rotatable bonds is 5. The number of hydrogen-bond donors (Lipinski definition) is 0. The van der Waals surface area contributed by atoms with E-state index in [-0.39, 0.29) is 10.0 Å². The monoisotopic (exact) mass is 403 g/mol. The normalized spacial score (nSPS) is 10.3. The Morgan fingerprint density at radius 2 is 1.56 bits per heavy atom. The van der Waals surface area contributed by atoms with Crippen LogP contribution in [-0.4, -0.2) is 21.5 Å². The minimum Gasteiger partial charge on any atom is -0.372 e. The molecule has 0 N–H and O–H groups in total. The van der Waals surface area contributed by atoms with Gasteiger partial charge >= 0.3 is 11.6 Å². The summed E-state index contributed by atoms with van der Waals surface area (Å²) in [5.41, 5.74) is 2.15. The standard InChI is InChI=1S/C16H16Cl2FN3.O2S/c1-3-22(4-2)12-7-5-11(6-8-12)20-21-16-10-13(17)15(19)9-14(16)18;1-3-2/h5-10H,3-4H2,1-2H3;. The lowest BCUT2D eigenvalue weighted by molar-refractivity contribution is 0.628. The van der Waals surface area contributed by atoms with Gasteiger partial charge in [-0.25, -0.2) is 4.39 Å². The van der Waals surface area contributed by atoms with Crippen molar-refractivity contribution in [3.05, 3.63) is 52.3 Å². The Hall–Kier alpha value is -1.83. The Morgan fingerprint density at radius 1 is 1.00 bits per heavy atom. The number of halogens is 3. The van der Waals surface area contributed by atoms with Gasteiger partial charge in [0.05, 0.1) is 15.7 Å². The van der Waals surface area contributed by atoms with Gasteiger partial charge in [-0.2, -0.15) is 13.5 Å². The van der Waals surface area contributed by atoms with E-state index in [1.807, 2.05) is 24.3 Å². The van der Waals surface area contributed by atoms with Crippen molar-refractivity contribution in [1.29, 1.82) is 0 Å². The first-order valence-corrected chi connectivity index (χ1v) is 8.72. The Morgan fingerprint density at radius 3 is 2.08 bits per heavy atom. The molecule has 0 radical (unpaired) electrons. The van der Waals surface area contributed by atoms with Gasteiger partial charge in [0.25, 0.3) is 0 Å². The van der Waals surface area contributed by atoms with Crippen LogP contribution in [0.2, 0.25) is 10.0 Å². The Kier molecular flexibility index (Phi) is 9.26. The molecule has 0 spiro atoms. The van der Waals surface area contributed by atoms with Gasteiger partial charge in [0.1, 0.15) is 11.5 Å². The summed E-state index contributed by atoms with van der Waals surface area (Å²) in [6, 6.07) is 10.2. The highest BCUT2D eigenvalue weighted by atomic mass is 35.5. The van der Waals surface area contributed by atoms with E-state index in [9.17, 15) is 4.39 Å². The van der Waals surface area contributed by atoms with Crippen molar-refractivity contribution in [3.8, 4) is 0 Å². The maximum Gasteiger partial charge on any atom is 0.335 e. The third-order valence-corrected chi connectivity index (χ3v) is 3.83. The fraction of sp³-hybridized carbons (Fsp3) is 0.250. The highest BCUT2D eigenvalue weighted by Crippen LogP contribution is 2.32. The summed E-state index contributed by atoms with van der Waals surface area (Å²) in [7, 11) is 0. The van der Waals surface area contributed by atoms with Crippen molar-refractivity contribution < 1.29 is 12.8 Å². The fourth-order valence-corrected chi connectivity index (χ4v) is 2.37. The Labute approximate surface area is 159 Å². The topological polar surface area (TPSA) is 62.1 Å². The average Bonchev–Trinajstić information content (AvgIpc) is 2.60. The first-order valence-electron chi connectivity index (χ1n) is 7.29. The summed E-state index contributed by atoms with van der Waals surface area (Å²) >= 11 is 10.9. The first-order chi connectivity index (χ1) is 12.0. The molecule has 0 aliphatic rings. The summed E-state index contributed by atoms with van der Waals surface area (Å²) in [6.07, 6.45) is 0. The van der Waals surface area contributed by atoms with Crippen molar-refractivity contribution >= 4 is 51.8 Å². The molecule has 0 saturated carbocycles. The summed E-state index contributed by atoms with van der Waals surface area (Å²) in [4.78, 5) is 2.23. The molecule has 9 heteroatoms. The van der Waals surface area contributed by atoms with Gasteiger partial charge < -0.3 is 4.90 Å². The highest BCUT2D eigenvalue weighted by Gasteiger charge is 2.06. The van der Waals surface area contributed by atoms with Crippen molar-refractivity contribution in [3.63, 3.8) is 0 Å². The van der Waals surface area contributed by atoms with Crippen LogP contribution in [-0.2, 0) is 11.6 Å². The molecule has 0 saturated heterocycles. The maximum atomic E-state index is 13.2. The van der Waals surface area contributed by atoms with Gasteiger partial charge in [-0.05, 0) is 50.2 Å². The maximum absolute atomic E-state index is 13.2. The van der Waals surface area contributed by atoms with Gasteiger partial charge in [0, 0.05) is 18.8 Å². The zero-order chi connectivity index (χ0) is 18.8. The quantitative estimate of drug-likeness (QED) is 0.473. The number of azo groups is 1. The molecular weight excluding hydrogens is 388 g/mol. The van der Waals surface area contributed by atoms with Crippen LogP contribution < -0.4 is 4.90 Å². The lowest BCUT2D eigenvalue weighted by Gasteiger charge is -2.20. The van der Waals surface area contributed by atoms with Crippen LogP contribution in [0.1, 0.15) is 13.8 Å². The average molecular weight is 404 g/mol. The third-order valence-electron chi connectivity index (χ3n) is 3.24. The molecule has 0 heterocycles. The van der Waals surface area contributed by atoms with Crippen LogP contribution in [0.15, 0.2) is 46.6 Å². The SMILES string of the molecule is CCN(CC)c1ccc(N=Nc2cc(Cl)c(F)cc2Cl)cc1.O=S=O. The van der Waals surface area contributed by atoms with Gasteiger partial charge in [-0.3, -0.25) is 0 Å². The highest BCUT2D eigenvalue weighted by molar-refractivity contribution is 7.51. The summed E-state index contributed by atoms with van der Waals surface area (Å²) < 4.78 is 29.8. The van der Waals surface area contributed by atoms with Crippen molar-refractivity contribution in [1.82, 2.24) is 0 Å². The second kappa shape index (κ2) is 10.9. The zero-order valence-corrected chi connectivity index (χ0v) is 15.9. The van der Waals surface area contributed by atoms with E-state index in [0.29, 0.717) is 11.4 Å². The number of benzene rings is 2. The van der Waals surface area contributed by atoms with E-state index in [4.69, 9.17) is 31.6 Å². The molecular formula is C16H16Cl2FN3O2S. The molecule has 5 nitrogen and oxygen atoms in total. The predicted molar refractivity (Wildman–Crippen MR) is 99.5 cm³/mol. The molecule has 25 heavy (non-hydrogen) atoms. The van der Waals surface area contributed by atoms with Crippen LogP contribution in [0.25, 0.3) is 0 Å². The Balaban J connectivity index is 0.000000970. The van der Waals surface area contributed by atoms with Crippen LogP contribution >= 0.6 is 23.2 Å². The third kappa shape index (κ3) is 6.53. The molecule has 0 fully saturated rings. The summed E-state index contributed by atoms with van der Waals surface area (Å²) in [5.74, 6) is -0.575. The smallest absolute Gasteiger partial charge is 0.335 e. The molecule has 0 bridgehead atoms. The van der Waals surface area contributed by atoms with E-state index in [1.54, 1.807) is 0 Å². The number of anilines is 1. The van der Waals surface area contributed by atoms with E-state index in [2.05, 4.69) is 29.0 Å². The predicted octanol–water partition coefficient (Wildman–Crippen LogP) is 5.72. The molecule has 2 aromatic rings. The zero-order valence-electron chi connectivity index (χ0n) is 13.6. The molecule has 2 aromatic carbocycles. The molecule has 134 valence electrons. The molecule has 2 rings (SSSR count). The molecule has 0 amide bonds. The Bertz CT molecular complexity index is 763. The van der Waals surface area contributed by atoms with Crippen molar-refractivity contribution in [2.75, 3.05) is 18.0 Å². The fourth-order valence-electron chi connectivity index (χ4n) is 2.02. The minimum atomic E-state index is -0.750. The van der Waals surface area contributed by atoms with E-state index in [0.717, 1.165) is 24.8 Å². The van der Waals surface area contributed by atoms with E-state index >= 15 is 0 Å². The number of hydrogen-bond acceptors (Lipinski definition) is 5. The van der Waals surface area contributed by atoms with Crippen LogP contribution in [0.3, 0.4) is 0 Å². The van der Waals surface area contributed by atoms with E-state index in [1.165, 1.54) is 6.07 Å². The van der Waals surface area contributed by atoms with Gasteiger partial charge in [-0.1, -0.05) is 23.2 Å². The molecule has 0 aromatic heterocycles. The summed E-state index contributed by atoms with van der Waals surface area (Å²) in [6.45, 7) is 6.11. The van der Waals surface area contributed by atoms with Crippen LogP contribution in [0, 0.1) is 5.82 Å². The lowest BCUT2D eigenvalue weighted by atomic mass is 10.2. The van der Waals surface area contributed by atoms with Gasteiger partial charge in [0.2, 0.25) is 0 Å². The molecule has 0 atom stereocenters. The molecule has 0 unspecified atom stereocenters. The largest absolute Gasteiger partial charge is 0.372 e. The van der Waals surface area contributed by atoms with Crippen LogP contribution in [0.4, 0.5) is 21.5 Å². The number of nitrogens with zero attached hydrogens (tertiary/aromatic N) is 3. The summed E-state index contributed by atoms with van der Waals surface area (Å²) in [5, 5.41) is 8.26. The second-order valence-corrected chi connectivity index (χ2v) is 5.62. The second-order valence-electron chi connectivity index (χ2n) is 4.67. The minimum absolute atomic E-state index is 0.0322. The molecule has 0 aliphatic heterocycles. The van der Waals surface area contributed by atoms with E-state index < -0.39 is 17.4 Å². The molecule has 0 aliphatic carbocycles. The van der Waals surface area contributed by atoms with Gasteiger partial charge in [-0.15, -0.1) is 5.11 Å². The van der Waals surface area contributed by atoms with Gasteiger partial charge in [0.15, 0.2) is 0 Å². The first kappa shape index (κ1) is 21.2. The van der Waals surface area contributed by atoms with Crippen LogP contribution in [0.5, 0.6) is 0 Å². The lowest BCUT2D eigenvalue weighted by Crippen LogP contribution is -2.21. The van der Waals surface area contributed by atoms with Crippen molar-refractivity contribution in [2.24, 2.45) is 10.2 Å². The van der Waals surface area contributed by atoms with Crippen molar-refractivity contribution in [2.45, 2.75) is 13.8 Å².